The van der Waals surface area contributed by atoms with Crippen LogP contribution in [0.2, 0.25) is 0 Å². The highest BCUT2D eigenvalue weighted by Gasteiger charge is 2.34. The summed E-state index contributed by atoms with van der Waals surface area (Å²) in [4.78, 5) is 30.6. The van der Waals surface area contributed by atoms with E-state index in [2.05, 4.69) is 10.3 Å². The van der Waals surface area contributed by atoms with E-state index in [1.165, 1.54) is 27.9 Å². The van der Waals surface area contributed by atoms with E-state index in [0.717, 1.165) is 12.5 Å². The smallest absolute Gasteiger partial charge is 0.348 e. The van der Waals surface area contributed by atoms with Gasteiger partial charge in [0.2, 0.25) is 0 Å². The number of nitrogens with one attached hydrogen (secondary N) is 1. The summed E-state index contributed by atoms with van der Waals surface area (Å²) in [5, 5.41) is 2.82. The fourth-order valence-corrected chi connectivity index (χ4v) is 4.15. The number of carbonyl (C=O) groups excluding carboxylic acids is 1. The van der Waals surface area contributed by atoms with Crippen molar-refractivity contribution in [1.29, 1.82) is 0 Å². The molecule has 10 heteroatoms. The molecule has 1 aromatic carbocycles. The topological polar surface area (TPSA) is 63.5 Å². The Morgan fingerprint density at radius 3 is 2.65 bits per heavy atom. The van der Waals surface area contributed by atoms with Gasteiger partial charge < -0.3 is 5.32 Å². The first-order chi connectivity index (χ1) is 14.5. The monoisotopic (exact) mass is 455 g/mol. The highest BCUT2D eigenvalue weighted by atomic mass is 32.1. The molecular weight excluding hydrogens is 434 g/mol. The Balaban J connectivity index is 1.90. The summed E-state index contributed by atoms with van der Waals surface area (Å²) in [6, 6.07) is 4.29. The van der Waals surface area contributed by atoms with Crippen molar-refractivity contribution in [3.05, 3.63) is 67.8 Å². The number of thiazole rings is 1. The summed E-state index contributed by atoms with van der Waals surface area (Å²) in [5.41, 5.74) is -1.36. The minimum atomic E-state index is -4.78. The molecule has 0 aliphatic rings. The molecule has 1 N–H and O–H groups in total. The minimum absolute atomic E-state index is 0.0515. The van der Waals surface area contributed by atoms with Gasteiger partial charge in [-0.2, -0.15) is 13.2 Å². The molecule has 1 amide bonds. The van der Waals surface area contributed by atoms with Gasteiger partial charge in [-0.15, -0.1) is 11.3 Å². The van der Waals surface area contributed by atoms with Crippen LogP contribution < -0.4 is 10.9 Å². The molecule has 1 atom stereocenters. The van der Waals surface area contributed by atoms with Crippen molar-refractivity contribution >= 4 is 22.2 Å². The standard InChI is InChI=1S/C21H21F4N3O2S/c1-4-11(2)26-19(30)18-12(3)31-20-27-14(10-16(29)28(18)20)9-8-13-6-5-7-15(17(13)22)21(23,24)25/h5-7,10-11H,4,8-9H2,1-3H3,(H,26,30). The molecule has 2 heterocycles. The highest BCUT2D eigenvalue weighted by Crippen LogP contribution is 2.32. The Hall–Kier alpha value is -2.75. The number of amides is 1. The van der Waals surface area contributed by atoms with E-state index in [-0.39, 0.29) is 36.0 Å². The van der Waals surface area contributed by atoms with Crippen LogP contribution in [0.25, 0.3) is 4.96 Å². The molecule has 0 bridgehead atoms. The summed E-state index contributed by atoms with van der Waals surface area (Å²) >= 11 is 1.17. The van der Waals surface area contributed by atoms with Crippen LogP contribution in [0.5, 0.6) is 0 Å². The molecular formula is C21H21F4N3O2S. The Morgan fingerprint density at radius 1 is 1.29 bits per heavy atom. The number of alkyl halides is 3. The zero-order chi connectivity index (χ0) is 22.9. The summed E-state index contributed by atoms with van der Waals surface area (Å²) < 4.78 is 54.2. The van der Waals surface area contributed by atoms with Crippen molar-refractivity contribution in [2.45, 2.75) is 52.3 Å². The highest BCUT2D eigenvalue weighted by molar-refractivity contribution is 7.17. The molecule has 5 nitrogen and oxygen atoms in total. The van der Waals surface area contributed by atoms with E-state index < -0.39 is 23.1 Å². The van der Waals surface area contributed by atoms with Crippen LogP contribution in [0.1, 0.15) is 52.5 Å². The van der Waals surface area contributed by atoms with Crippen LogP contribution in [0.3, 0.4) is 0 Å². The SMILES string of the molecule is CCC(C)NC(=O)c1c(C)sc2nc(CCc3cccc(C(F)(F)F)c3F)cc(=O)n12. The second-order valence-corrected chi connectivity index (χ2v) is 8.45. The quantitative estimate of drug-likeness (QED) is 0.556. The Morgan fingerprint density at radius 2 is 2.00 bits per heavy atom. The van der Waals surface area contributed by atoms with Gasteiger partial charge in [-0.3, -0.25) is 9.59 Å². The maximum absolute atomic E-state index is 14.2. The van der Waals surface area contributed by atoms with Crippen LogP contribution in [0.15, 0.2) is 29.1 Å². The van der Waals surface area contributed by atoms with E-state index in [4.69, 9.17) is 0 Å². The van der Waals surface area contributed by atoms with Gasteiger partial charge in [0.25, 0.3) is 11.5 Å². The maximum atomic E-state index is 14.2. The third-order valence-electron chi connectivity index (χ3n) is 4.98. The first-order valence-corrected chi connectivity index (χ1v) is 10.5. The lowest BCUT2D eigenvalue weighted by Crippen LogP contribution is -2.34. The number of halogens is 4. The van der Waals surface area contributed by atoms with E-state index in [9.17, 15) is 27.2 Å². The zero-order valence-corrected chi connectivity index (χ0v) is 18.0. The molecule has 0 saturated heterocycles. The molecule has 2 aromatic heterocycles. The van der Waals surface area contributed by atoms with Gasteiger partial charge in [0.05, 0.1) is 5.56 Å². The minimum Gasteiger partial charge on any atom is -0.348 e. The lowest BCUT2D eigenvalue weighted by molar-refractivity contribution is -0.140. The number of aromatic nitrogens is 2. The molecule has 3 rings (SSSR count). The molecule has 0 aliphatic carbocycles. The predicted molar refractivity (Wildman–Crippen MR) is 110 cm³/mol. The molecule has 0 saturated carbocycles. The third kappa shape index (κ3) is 4.79. The van der Waals surface area contributed by atoms with Gasteiger partial charge in [0.1, 0.15) is 11.5 Å². The first-order valence-electron chi connectivity index (χ1n) is 9.70. The molecule has 0 fully saturated rings. The molecule has 0 aliphatic heterocycles. The van der Waals surface area contributed by atoms with Crippen molar-refractivity contribution in [2.24, 2.45) is 0 Å². The van der Waals surface area contributed by atoms with Crippen LogP contribution in [0.4, 0.5) is 17.6 Å². The molecule has 1 unspecified atom stereocenters. The van der Waals surface area contributed by atoms with Crippen molar-refractivity contribution in [2.75, 3.05) is 0 Å². The number of nitrogens with zero attached hydrogens (tertiary/aromatic N) is 2. The van der Waals surface area contributed by atoms with Crippen LogP contribution in [0, 0.1) is 12.7 Å². The molecule has 0 spiro atoms. The third-order valence-corrected chi connectivity index (χ3v) is 5.94. The number of hydrogen-bond acceptors (Lipinski definition) is 4. The normalized spacial score (nSPS) is 12.9. The van der Waals surface area contributed by atoms with Gasteiger partial charge >= 0.3 is 6.18 Å². The number of aryl methyl sites for hydroxylation is 3. The van der Waals surface area contributed by atoms with Gasteiger partial charge in [-0.25, -0.2) is 13.8 Å². The maximum Gasteiger partial charge on any atom is 0.419 e. The second kappa shape index (κ2) is 8.78. The fraction of sp³-hybridized carbons (Fsp3) is 0.381. The van der Waals surface area contributed by atoms with E-state index in [1.54, 1.807) is 6.92 Å². The van der Waals surface area contributed by atoms with Crippen LogP contribution in [-0.2, 0) is 19.0 Å². The zero-order valence-electron chi connectivity index (χ0n) is 17.1. The Bertz CT molecular complexity index is 1180. The molecule has 3 aromatic rings. The first kappa shape index (κ1) is 22.9. The van der Waals surface area contributed by atoms with Crippen LogP contribution >= 0.6 is 11.3 Å². The fourth-order valence-electron chi connectivity index (χ4n) is 3.16. The number of fused-ring (bicyclic) bond motifs is 1. The predicted octanol–water partition coefficient (Wildman–Crippen LogP) is 4.54. The van der Waals surface area contributed by atoms with E-state index >= 15 is 0 Å². The number of benzene rings is 1. The lowest BCUT2D eigenvalue weighted by atomic mass is 10.0. The average Bonchev–Trinajstić information content (AvgIpc) is 3.02. The largest absolute Gasteiger partial charge is 0.419 e. The second-order valence-electron chi connectivity index (χ2n) is 7.27. The Labute approximate surface area is 179 Å². The number of hydrogen-bond donors (Lipinski definition) is 1. The van der Waals surface area contributed by atoms with Crippen LogP contribution in [-0.4, -0.2) is 21.3 Å². The van der Waals surface area contributed by atoms with Crippen molar-refractivity contribution < 1.29 is 22.4 Å². The van der Waals surface area contributed by atoms with Gasteiger partial charge in [-0.05, 0) is 44.7 Å². The summed E-state index contributed by atoms with van der Waals surface area (Å²) in [6.45, 7) is 5.49. The molecule has 0 radical (unpaired) electrons. The Kier molecular flexibility index (Phi) is 6.49. The number of carbonyl (C=O) groups is 1. The van der Waals surface area contributed by atoms with Crippen molar-refractivity contribution in [3.63, 3.8) is 0 Å². The summed E-state index contributed by atoms with van der Waals surface area (Å²) in [6.07, 6.45) is -4.02. The van der Waals surface area contributed by atoms with Crippen molar-refractivity contribution in [3.8, 4) is 0 Å². The summed E-state index contributed by atoms with van der Waals surface area (Å²) in [5.74, 6) is -1.69. The average molecular weight is 455 g/mol. The molecule has 166 valence electrons. The van der Waals surface area contributed by atoms with Crippen molar-refractivity contribution in [1.82, 2.24) is 14.7 Å². The van der Waals surface area contributed by atoms with Gasteiger partial charge in [-0.1, -0.05) is 19.1 Å². The van der Waals surface area contributed by atoms with E-state index in [0.29, 0.717) is 21.6 Å². The number of rotatable bonds is 6. The molecule has 31 heavy (non-hydrogen) atoms. The van der Waals surface area contributed by atoms with E-state index in [1.807, 2.05) is 13.8 Å². The summed E-state index contributed by atoms with van der Waals surface area (Å²) in [7, 11) is 0. The van der Waals surface area contributed by atoms with Gasteiger partial charge in [0, 0.05) is 22.7 Å². The lowest BCUT2D eigenvalue weighted by Gasteiger charge is -2.12. The van der Waals surface area contributed by atoms with Gasteiger partial charge in [0.15, 0.2) is 4.96 Å².